The number of nitrogens with zero attached hydrogens (tertiary/aromatic N) is 1. The predicted molar refractivity (Wildman–Crippen MR) is 51.0 cm³/mol. The molecule has 16 heavy (non-hydrogen) atoms. The molecule has 0 bridgehead atoms. The molecular weight excluding hydrogens is 264 g/mol. The number of ether oxygens (including phenoxy) is 1. The molecule has 1 unspecified atom stereocenters. The van der Waals surface area contributed by atoms with Crippen LogP contribution >= 0.6 is 0 Å². The molecule has 84 valence electrons. The number of hydrogen-bond acceptors (Lipinski definition) is 3. The van der Waals surface area contributed by atoms with E-state index in [1.807, 2.05) is 0 Å². The Morgan fingerprint density at radius 1 is 1.62 bits per heavy atom. The van der Waals surface area contributed by atoms with E-state index in [1.54, 1.807) is 12.0 Å². The van der Waals surface area contributed by atoms with Gasteiger partial charge in [-0.05, 0) is 6.42 Å². The fourth-order valence-corrected chi connectivity index (χ4v) is 1.55. The third-order valence-electron chi connectivity index (χ3n) is 2.34. The van der Waals surface area contributed by atoms with Crippen molar-refractivity contribution in [3.8, 4) is 0 Å². The van der Waals surface area contributed by atoms with Gasteiger partial charge in [0.25, 0.3) is 0 Å². The van der Waals surface area contributed by atoms with Gasteiger partial charge in [-0.2, -0.15) is 0 Å². The van der Waals surface area contributed by atoms with Crippen molar-refractivity contribution in [1.29, 1.82) is 0 Å². The summed E-state index contributed by atoms with van der Waals surface area (Å²) in [5, 5.41) is 8.72. The summed E-state index contributed by atoms with van der Waals surface area (Å²) >= 11 is 0. The largest absolute Gasteiger partial charge is 1.00 e. The topological polar surface area (TPSA) is 66.8 Å². The quantitative estimate of drug-likeness (QED) is 0.403. The number of likely N-dealkylation sites (tertiary alicyclic amines) is 1. The van der Waals surface area contributed by atoms with Crippen LogP contribution in [-0.4, -0.2) is 48.7 Å². The monoisotopic (exact) mass is 281 g/mol. The van der Waals surface area contributed by atoms with Gasteiger partial charge >= 0.3 is 109 Å². The first-order valence-electron chi connectivity index (χ1n) is 4.64. The zero-order valence-electron chi connectivity index (χ0n) is 12.2. The molecule has 0 aromatic heterocycles. The van der Waals surface area contributed by atoms with Crippen LogP contribution in [0.15, 0.2) is 0 Å². The van der Waals surface area contributed by atoms with Crippen molar-refractivity contribution >= 4 is 11.9 Å². The van der Waals surface area contributed by atoms with Crippen molar-refractivity contribution in [3.63, 3.8) is 0 Å². The number of carbonyl (C=O) groups excluding carboxylic acids is 1. The Hall–Kier alpha value is 2.17. The second-order valence-corrected chi connectivity index (χ2v) is 3.43. The number of hydrogen-bond donors (Lipinski definition) is 1. The first-order valence-corrected chi connectivity index (χ1v) is 4.64. The predicted octanol–water partition coefficient (Wildman–Crippen LogP) is -5.81. The molecule has 1 saturated heterocycles. The van der Waals surface area contributed by atoms with Crippen molar-refractivity contribution in [2.45, 2.75) is 12.8 Å². The molecule has 1 heterocycles. The maximum absolute atomic E-state index is 11.3. The molecule has 1 amide bonds. The van der Waals surface area contributed by atoms with Gasteiger partial charge in [0.2, 0.25) is 5.91 Å². The molecule has 1 N–H and O–H groups in total. The van der Waals surface area contributed by atoms with Gasteiger partial charge in [-0.15, -0.1) is 0 Å². The molecule has 1 fully saturated rings. The summed E-state index contributed by atoms with van der Waals surface area (Å²) in [6.07, 6.45) is 0.900. The first kappa shape index (κ1) is 20.5. The molecule has 0 spiro atoms. The van der Waals surface area contributed by atoms with Crippen LogP contribution in [0.3, 0.4) is 0 Å². The number of amides is 1. The molecule has 1 rings (SSSR count). The van der Waals surface area contributed by atoms with E-state index in [0.29, 0.717) is 19.7 Å². The minimum Gasteiger partial charge on any atom is -1.00 e. The average Bonchev–Trinajstić information content (AvgIpc) is 2.49. The SMILES string of the molecule is COCCCN1CC(C(=O)O)CC1=O.[H-].[H-].[K+].[K+]. The Balaban J connectivity index is -0.000000245. The van der Waals surface area contributed by atoms with Crippen molar-refractivity contribution in [1.82, 2.24) is 4.90 Å². The van der Waals surface area contributed by atoms with Gasteiger partial charge in [-0.25, -0.2) is 0 Å². The molecule has 1 aliphatic heterocycles. The summed E-state index contributed by atoms with van der Waals surface area (Å²) in [4.78, 5) is 23.5. The van der Waals surface area contributed by atoms with E-state index >= 15 is 0 Å². The Labute approximate surface area is 183 Å². The molecule has 1 atom stereocenters. The zero-order chi connectivity index (χ0) is 10.6. The van der Waals surface area contributed by atoms with Gasteiger partial charge in [0.05, 0.1) is 5.92 Å². The second kappa shape index (κ2) is 11.0. The van der Waals surface area contributed by atoms with Crippen LogP contribution in [0.1, 0.15) is 15.7 Å². The van der Waals surface area contributed by atoms with E-state index in [0.717, 1.165) is 6.42 Å². The van der Waals surface area contributed by atoms with E-state index in [-0.39, 0.29) is 118 Å². The Kier molecular flexibility index (Phi) is 14.1. The molecule has 0 saturated carbocycles. The zero-order valence-corrected chi connectivity index (χ0v) is 16.5. The number of aliphatic carboxylic acids is 1. The molecule has 0 aliphatic carbocycles. The van der Waals surface area contributed by atoms with Crippen LogP contribution in [0, 0.1) is 5.92 Å². The van der Waals surface area contributed by atoms with E-state index in [4.69, 9.17) is 9.84 Å². The third kappa shape index (κ3) is 6.93. The van der Waals surface area contributed by atoms with Gasteiger partial charge < -0.3 is 17.6 Å². The van der Waals surface area contributed by atoms with Gasteiger partial charge in [-0.3, -0.25) is 9.59 Å². The van der Waals surface area contributed by atoms with Crippen LogP contribution in [0.25, 0.3) is 0 Å². The minimum absolute atomic E-state index is 0. The first-order chi connectivity index (χ1) is 6.65. The van der Waals surface area contributed by atoms with Crippen molar-refractivity contribution < 1.29 is 125 Å². The van der Waals surface area contributed by atoms with Gasteiger partial charge in [0, 0.05) is 33.2 Å². The van der Waals surface area contributed by atoms with Crippen LogP contribution in [-0.2, 0) is 14.3 Å². The standard InChI is InChI=1S/C9H15NO4.2K.2H/c1-14-4-2-3-10-6-7(9(12)13)5-8(10)11;;;;/h7H,2-6H2,1H3,(H,12,13);;;;/q;2*+1;2*-1. The average molecular weight is 281 g/mol. The van der Waals surface area contributed by atoms with Gasteiger partial charge in [-0.1, -0.05) is 0 Å². The molecule has 0 aromatic rings. The Morgan fingerprint density at radius 3 is 2.69 bits per heavy atom. The molecule has 1 aliphatic rings. The Bertz CT molecular complexity index is 247. The van der Waals surface area contributed by atoms with Crippen LogP contribution in [0.5, 0.6) is 0 Å². The van der Waals surface area contributed by atoms with Crippen molar-refractivity contribution in [2.75, 3.05) is 26.8 Å². The van der Waals surface area contributed by atoms with Gasteiger partial charge in [0.15, 0.2) is 0 Å². The van der Waals surface area contributed by atoms with E-state index < -0.39 is 11.9 Å². The number of carbonyl (C=O) groups is 2. The Morgan fingerprint density at radius 2 is 2.25 bits per heavy atom. The number of carboxylic acids is 1. The number of methoxy groups -OCH3 is 1. The third-order valence-corrected chi connectivity index (χ3v) is 2.34. The summed E-state index contributed by atoms with van der Waals surface area (Å²) < 4.78 is 4.86. The van der Waals surface area contributed by atoms with Crippen LogP contribution in [0.2, 0.25) is 0 Å². The number of rotatable bonds is 5. The van der Waals surface area contributed by atoms with E-state index in [9.17, 15) is 9.59 Å². The van der Waals surface area contributed by atoms with Gasteiger partial charge in [0.1, 0.15) is 0 Å². The summed E-state index contributed by atoms with van der Waals surface area (Å²) in [7, 11) is 1.60. The summed E-state index contributed by atoms with van der Waals surface area (Å²) in [6, 6.07) is 0. The maximum Gasteiger partial charge on any atom is 1.00 e. The summed E-state index contributed by atoms with van der Waals surface area (Å²) in [6.45, 7) is 1.54. The molecule has 0 radical (unpaired) electrons. The van der Waals surface area contributed by atoms with Crippen molar-refractivity contribution in [2.24, 2.45) is 5.92 Å². The molecular formula is C9H17K2NO4. The maximum atomic E-state index is 11.3. The minimum atomic E-state index is -0.882. The van der Waals surface area contributed by atoms with E-state index in [1.165, 1.54) is 0 Å². The van der Waals surface area contributed by atoms with Crippen molar-refractivity contribution in [3.05, 3.63) is 0 Å². The second-order valence-electron chi connectivity index (χ2n) is 3.43. The normalized spacial score (nSPS) is 18.9. The smallest absolute Gasteiger partial charge is 1.00 e. The number of carboxylic acid groups (broad SMARTS) is 1. The fourth-order valence-electron chi connectivity index (χ4n) is 1.55. The molecule has 7 heteroatoms. The van der Waals surface area contributed by atoms with Crippen LogP contribution < -0.4 is 103 Å². The summed E-state index contributed by atoms with van der Waals surface area (Å²) in [5.74, 6) is -1.47. The van der Waals surface area contributed by atoms with E-state index in [2.05, 4.69) is 0 Å². The molecule has 0 aromatic carbocycles. The molecule has 5 nitrogen and oxygen atoms in total. The summed E-state index contributed by atoms with van der Waals surface area (Å²) in [5.41, 5.74) is 0. The fraction of sp³-hybridized carbons (Fsp3) is 0.778. The van der Waals surface area contributed by atoms with Crippen LogP contribution in [0.4, 0.5) is 0 Å².